The molecular formula is C22H24F3N5. The molecule has 2 aliphatic rings. The Hall–Kier alpha value is -2.61. The van der Waals surface area contributed by atoms with Crippen molar-refractivity contribution in [3.05, 3.63) is 48.2 Å². The first-order valence-electron chi connectivity index (χ1n) is 10.3. The monoisotopic (exact) mass is 415 g/mol. The van der Waals surface area contributed by atoms with Gasteiger partial charge in [0.1, 0.15) is 5.82 Å². The molecule has 1 spiro atoms. The van der Waals surface area contributed by atoms with Gasteiger partial charge in [-0.2, -0.15) is 13.2 Å². The smallest absolute Gasteiger partial charge is 0.366 e. The zero-order valence-corrected chi connectivity index (χ0v) is 16.8. The molecule has 2 aromatic heterocycles. The number of hydrogen-bond acceptors (Lipinski definition) is 4. The van der Waals surface area contributed by atoms with Crippen LogP contribution in [0.2, 0.25) is 0 Å². The van der Waals surface area contributed by atoms with Gasteiger partial charge in [-0.05, 0) is 75.5 Å². The minimum absolute atomic E-state index is 0.388. The number of rotatable bonds is 3. The molecule has 0 amide bonds. The number of benzene rings is 1. The van der Waals surface area contributed by atoms with Crippen LogP contribution < -0.4 is 5.32 Å². The van der Waals surface area contributed by atoms with Crippen molar-refractivity contribution in [2.75, 3.05) is 25.5 Å². The summed E-state index contributed by atoms with van der Waals surface area (Å²) in [5.74, 6) is 0.724. The van der Waals surface area contributed by atoms with Gasteiger partial charge in [0, 0.05) is 11.6 Å². The molecule has 1 saturated heterocycles. The molecule has 0 atom stereocenters. The molecule has 0 unspecified atom stereocenters. The lowest BCUT2D eigenvalue weighted by atomic mass is 9.60. The van der Waals surface area contributed by atoms with Crippen molar-refractivity contribution in [3.63, 3.8) is 0 Å². The van der Waals surface area contributed by atoms with Gasteiger partial charge in [-0.15, -0.1) is 5.10 Å². The molecule has 2 fully saturated rings. The highest BCUT2D eigenvalue weighted by molar-refractivity contribution is 5.64. The summed E-state index contributed by atoms with van der Waals surface area (Å²) in [6.07, 6.45) is 1.96. The third-order valence-corrected chi connectivity index (χ3v) is 6.61. The van der Waals surface area contributed by atoms with Crippen LogP contribution in [0.3, 0.4) is 0 Å². The van der Waals surface area contributed by atoms with Crippen LogP contribution in [0.15, 0.2) is 42.6 Å². The van der Waals surface area contributed by atoms with Gasteiger partial charge in [-0.3, -0.25) is 0 Å². The van der Waals surface area contributed by atoms with Crippen molar-refractivity contribution >= 4 is 11.5 Å². The lowest BCUT2D eigenvalue weighted by Gasteiger charge is -2.52. The number of alkyl halides is 3. The Morgan fingerprint density at radius 2 is 1.87 bits per heavy atom. The van der Waals surface area contributed by atoms with Crippen LogP contribution in [0.1, 0.15) is 31.2 Å². The summed E-state index contributed by atoms with van der Waals surface area (Å²) in [5.41, 5.74) is 1.37. The summed E-state index contributed by atoms with van der Waals surface area (Å²) in [6, 6.07) is 9.39. The SMILES string of the molecule is CN1CCC2(CC1)CC(Nc1ccc3ncc(-c4cccc(C(F)(F)F)c4)n3n1)C2. The molecule has 0 bridgehead atoms. The fourth-order valence-corrected chi connectivity index (χ4v) is 4.80. The number of anilines is 1. The highest BCUT2D eigenvalue weighted by atomic mass is 19.4. The van der Waals surface area contributed by atoms with Gasteiger partial charge in [0.15, 0.2) is 5.65 Å². The van der Waals surface area contributed by atoms with E-state index in [1.165, 1.54) is 18.9 Å². The Bertz CT molecular complexity index is 1060. The quantitative estimate of drug-likeness (QED) is 0.674. The van der Waals surface area contributed by atoms with E-state index in [0.717, 1.165) is 43.9 Å². The minimum atomic E-state index is -4.38. The van der Waals surface area contributed by atoms with E-state index in [4.69, 9.17) is 0 Å². The Morgan fingerprint density at radius 1 is 1.10 bits per heavy atom. The number of imidazole rings is 1. The van der Waals surface area contributed by atoms with Crippen molar-refractivity contribution in [1.82, 2.24) is 19.5 Å². The number of piperidine rings is 1. The zero-order chi connectivity index (χ0) is 20.9. The maximum Gasteiger partial charge on any atom is 0.416 e. The molecule has 1 aliphatic carbocycles. The topological polar surface area (TPSA) is 45.5 Å². The molecule has 1 aliphatic heterocycles. The Morgan fingerprint density at radius 3 is 2.60 bits per heavy atom. The number of likely N-dealkylation sites (tertiary alicyclic amines) is 1. The lowest BCUT2D eigenvalue weighted by Crippen LogP contribution is -2.50. The number of fused-ring (bicyclic) bond motifs is 1. The lowest BCUT2D eigenvalue weighted by molar-refractivity contribution is -0.137. The maximum absolute atomic E-state index is 13.1. The number of aromatic nitrogens is 3. The average molecular weight is 415 g/mol. The Labute approximate surface area is 172 Å². The zero-order valence-electron chi connectivity index (χ0n) is 16.8. The molecule has 158 valence electrons. The van der Waals surface area contributed by atoms with Crippen molar-refractivity contribution in [2.45, 2.75) is 37.9 Å². The number of nitrogens with zero attached hydrogens (tertiary/aromatic N) is 4. The fraction of sp³-hybridized carbons (Fsp3) is 0.455. The van der Waals surface area contributed by atoms with E-state index in [1.807, 2.05) is 12.1 Å². The second kappa shape index (κ2) is 6.97. The first-order valence-corrected chi connectivity index (χ1v) is 10.3. The number of hydrogen-bond donors (Lipinski definition) is 1. The minimum Gasteiger partial charge on any atom is -0.366 e. The molecule has 1 N–H and O–H groups in total. The standard InChI is InChI=1S/C22H24F3N5/c1-29-9-7-21(8-10-29)12-17(13-21)27-19-5-6-20-26-14-18(30(20)28-19)15-3-2-4-16(11-15)22(23,24)25/h2-6,11,14,17H,7-10,12-13H2,1H3,(H,27,28). The normalized spacial score (nSPS) is 19.9. The van der Waals surface area contributed by atoms with Gasteiger partial charge >= 0.3 is 6.18 Å². The first-order chi connectivity index (χ1) is 14.3. The van der Waals surface area contributed by atoms with Gasteiger partial charge in [0.2, 0.25) is 0 Å². The molecule has 3 heterocycles. The predicted octanol–water partition coefficient (Wildman–Crippen LogP) is 4.70. The summed E-state index contributed by atoms with van der Waals surface area (Å²) in [7, 11) is 2.17. The summed E-state index contributed by atoms with van der Waals surface area (Å²) in [6.45, 7) is 2.32. The van der Waals surface area contributed by atoms with Gasteiger partial charge in [0.25, 0.3) is 0 Å². The van der Waals surface area contributed by atoms with E-state index in [-0.39, 0.29) is 0 Å². The molecule has 0 radical (unpaired) electrons. The maximum atomic E-state index is 13.1. The first kappa shape index (κ1) is 19.4. The van der Waals surface area contributed by atoms with Crippen molar-refractivity contribution in [3.8, 4) is 11.3 Å². The van der Waals surface area contributed by atoms with E-state index in [0.29, 0.717) is 28.4 Å². The van der Waals surface area contributed by atoms with Gasteiger partial charge in [0.05, 0.1) is 17.5 Å². The predicted molar refractivity (Wildman–Crippen MR) is 109 cm³/mol. The molecule has 1 saturated carbocycles. The van der Waals surface area contributed by atoms with E-state index >= 15 is 0 Å². The van der Waals surface area contributed by atoms with Crippen LogP contribution in [0.4, 0.5) is 19.0 Å². The van der Waals surface area contributed by atoms with Gasteiger partial charge in [-0.1, -0.05) is 12.1 Å². The summed E-state index contributed by atoms with van der Waals surface area (Å²) >= 11 is 0. The van der Waals surface area contributed by atoms with Crippen molar-refractivity contribution in [2.24, 2.45) is 5.41 Å². The Balaban J connectivity index is 1.36. The second-order valence-electron chi connectivity index (χ2n) is 8.76. The third kappa shape index (κ3) is 3.53. The molecule has 5 rings (SSSR count). The van der Waals surface area contributed by atoms with Crippen molar-refractivity contribution in [1.29, 1.82) is 0 Å². The van der Waals surface area contributed by atoms with Crippen LogP contribution in [-0.4, -0.2) is 45.7 Å². The largest absolute Gasteiger partial charge is 0.416 e. The van der Waals surface area contributed by atoms with Crippen LogP contribution in [0.25, 0.3) is 16.9 Å². The molecule has 3 aromatic rings. The second-order valence-corrected chi connectivity index (χ2v) is 8.76. The van der Waals surface area contributed by atoms with E-state index in [1.54, 1.807) is 16.8 Å². The van der Waals surface area contributed by atoms with E-state index in [2.05, 4.69) is 27.3 Å². The summed E-state index contributed by atoms with van der Waals surface area (Å²) < 4.78 is 40.9. The molecule has 1 aromatic carbocycles. The van der Waals surface area contributed by atoms with Crippen LogP contribution in [-0.2, 0) is 6.18 Å². The molecule has 30 heavy (non-hydrogen) atoms. The van der Waals surface area contributed by atoms with Crippen LogP contribution in [0, 0.1) is 5.41 Å². The average Bonchev–Trinajstić information content (AvgIpc) is 3.11. The van der Waals surface area contributed by atoms with E-state index < -0.39 is 11.7 Å². The van der Waals surface area contributed by atoms with Crippen molar-refractivity contribution < 1.29 is 13.2 Å². The molecular weight excluding hydrogens is 391 g/mol. The van der Waals surface area contributed by atoms with Gasteiger partial charge in [-0.25, -0.2) is 9.50 Å². The fourth-order valence-electron chi connectivity index (χ4n) is 4.80. The summed E-state index contributed by atoms with van der Waals surface area (Å²) in [5, 5.41) is 8.13. The number of halogens is 3. The summed E-state index contributed by atoms with van der Waals surface area (Å²) in [4.78, 5) is 6.69. The van der Waals surface area contributed by atoms with Gasteiger partial charge < -0.3 is 10.2 Å². The van der Waals surface area contributed by atoms with E-state index in [9.17, 15) is 13.2 Å². The highest BCUT2D eigenvalue weighted by Gasteiger charge is 2.45. The third-order valence-electron chi connectivity index (χ3n) is 6.61. The van der Waals surface area contributed by atoms with Crippen LogP contribution >= 0.6 is 0 Å². The molecule has 8 heteroatoms. The highest BCUT2D eigenvalue weighted by Crippen LogP contribution is 2.49. The Kier molecular flexibility index (Phi) is 4.50. The molecule has 5 nitrogen and oxygen atoms in total. The van der Waals surface area contributed by atoms with Crippen LogP contribution in [0.5, 0.6) is 0 Å². The number of nitrogens with one attached hydrogen (secondary N) is 1.